The number of aromatic amines is 1. The van der Waals surface area contributed by atoms with Crippen molar-refractivity contribution in [2.24, 2.45) is 5.10 Å². The summed E-state index contributed by atoms with van der Waals surface area (Å²) in [5.74, 6) is -0.416. The molecule has 0 spiro atoms. The first kappa shape index (κ1) is 19.7. The number of benzene rings is 2. The van der Waals surface area contributed by atoms with Gasteiger partial charge in [-0.3, -0.25) is 9.59 Å². The Morgan fingerprint density at radius 3 is 2.63 bits per heavy atom. The number of hydrogen-bond donors (Lipinski definition) is 2. The molecule has 1 amide bonds. The van der Waals surface area contributed by atoms with Gasteiger partial charge in [-0.2, -0.15) is 10.3 Å². The van der Waals surface area contributed by atoms with E-state index in [0.717, 1.165) is 10.5 Å². The lowest BCUT2D eigenvalue weighted by Gasteiger charge is -2.35. The Bertz CT molecular complexity index is 1150. The zero-order valence-corrected chi connectivity index (χ0v) is 16.7. The molecule has 1 aromatic heterocycles. The minimum atomic E-state index is -0.649. The first-order valence-corrected chi connectivity index (χ1v) is 9.70. The van der Waals surface area contributed by atoms with Crippen LogP contribution in [0.5, 0.6) is 5.75 Å². The highest BCUT2D eigenvalue weighted by molar-refractivity contribution is 6.30. The van der Waals surface area contributed by atoms with Crippen LogP contribution in [-0.4, -0.2) is 63.4 Å². The second kappa shape index (κ2) is 8.42. The highest BCUT2D eigenvalue weighted by Crippen LogP contribution is 2.21. The van der Waals surface area contributed by atoms with Crippen molar-refractivity contribution in [1.82, 2.24) is 20.0 Å². The predicted octanol–water partition coefficient (Wildman–Crippen LogP) is 1.77. The van der Waals surface area contributed by atoms with Crippen LogP contribution in [0.2, 0.25) is 5.02 Å². The van der Waals surface area contributed by atoms with E-state index in [0.29, 0.717) is 36.8 Å². The van der Waals surface area contributed by atoms with E-state index in [1.165, 1.54) is 12.3 Å². The van der Waals surface area contributed by atoms with Crippen LogP contribution in [0.3, 0.4) is 0 Å². The summed E-state index contributed by atoms with van der Waals surface area (Å²) in [6, 6.07) is 14.1. The van der Waals surface area contributed by atoms with E-state index < -0.39 is 11.5 Å². The van der Waals surface area contributed by atoms with Gasteiger partial charge in [0.25, 0.3) is 5.91 Å². The zero-order chi connectivity index (χ0) is 21.1. The summed E-state index contributed by atoms with van der Waals surface area (Å²) in [6.07, 6.45) is 1.31. The fourth-order valence-electron chi connectivity index (χ4n) is 3.22. The first-order valence-electron chi connectivity index (χ1n) is 9.32. The number of nitrogens with zero attached hydrogens (tertiary/aromatic N) is 5. The van der Waals surface area contributed by atoms with Crippen LogP contribution in [0.1, 0.15) is 16.1 Å². The molecule has 1 aliphatic rings. The summed E-state index contributed by atoms with van der Waals surface area (Å²) in [6.45, 7) is 2.16. The molecular formula is C20H19ClN6O3. The monoisotopic (exact) mass is 426 g/mol. The normalized spacial score (nSPS) is 14.4. The number of carbonyl (C=O) groups is 1. The molecule has 0 aliphatic carbocycles. The van der Waals surface area contributed by atoms with Crippen LogP contribution in [0, 0.1) is 0 Å². The van der Waals surface area contributed by atoms with Crippen molar-refractivity contribution in [3.63, 3.8) is 0 Å². The fourth-order valence-corrected chi connectivity index (χ4v) is 3.40. The molecule has 1 aliphatic heterocycles. The SMILES string of the molecule is O=C(c1n[nH]n(/N=C/c2ccccc2O)c1=O)N1CCN(c2cccc(Cl)c2)CC1. The first-order chi connectivity index (χ1) is 14.5. The Hall–Kier alpha value is -3.59. The minimum absolute atomic E-state index is 0.0303. The molecule has 1 saturated heterocycles. The third-order valence-electron chi connectivity index (χ3n) is 4.84. The molecule has 2 aromatic carbocycles. The number of phenolic OH excluding ortho intramolecular Hbond substituents is 1. The van der Waals surface area contributed by atoms with Gasteiger partial charge >= 0.3 is 5.56 Å². The maximum Gasteiger partial charge on any atom is 0.320 e. The van der Waals surface area contributed by atoms with E-state index in [1.54, 1.807) is 23.1 Å². The number of aromatic nitrogens is 3. The van der Waals surface area contributed by atoms with Crippen molar-refractivity contribution in [2.45, 2.75) is 0 Å². The Balaban J connectivity index is 1.43. The van der Waals surface area contributed by atoms with Gasteiger partial charge in [-0.05, 0) is 30.3 Å². The van der Waals surface area contributed by atoms with Crippen LogP contribution < -0.4 is 10.5 Å². The van der Waals surface area contributed by atoms with Crippen LogP contribution in [-0.2, 0) is 0 Å². The van der Waals surface area contributed by atoms with Gasteiger partial charge in [-0.1, -0.05) is 29.8 Å². The number of para-hydroxylation sites is 1. The van der Waals surface area contributed by atoms with Crippen molar-refractivity contribution in [1.29, 1.82) is 0 Å². The smallest absolute Gasteiger partial charge is 0.320 e. The number of halogens is 1. The molecule has 3 aromatic rings. The zero-order valence-electron chi connectivity index (χ0n) is 15.9. The number of amides is 1. The number of phenols is 1. The highest BCUT2D eigenvalue weighted by Gasteiger charge is 2.26. The van der Waals surface area contributed by atoms with Gasteiger partial charge in [-0.15, -0.1) is 9.89 Å². The third kappa shape index (κ3) is 4.06. The van der Waals surface area contributed by atoms with Gasteiger partial charge < -0.3 is 14.9 Å². The van der Waals surface area contributed by atoms with Gasteiger partial charge in [0, 0.05) is 42.5 Å². The molecule has 30 heavy (non-hydrogen) atoms. The van der Waals surface area contributed by atoms with E-state index in [1.807, 2.05) is 24.3 Å². The van der Waals surface area contributed by atoms with Crippen molar-refractivity contribution in [2.75, 3.05) is 31.1 Å². The standard InChI is InChI=1S/C20H19ClN6O3/c21-15-5-3-6-16(12-15)25-8-10-26(11-9-25)19(29)18-20(30)27(24-23-18)22-13-14-4-1-2-7-17(14)28/h1-7,12-13,24,28H,8-11H2/b22-13+. The Kier molecular flexibility index (Phi) is 5.53. The molecule has 10 heteroatoms. The number of carbonyl (C=O) groups excluding carboxylic acids is 1. The lowest BCUT2D eigenvalue weighted by atomic mass is 10.2. The number of hydrogen-bond acceptors (Lipinski definition) is 6. The maximum absolute atomic E-state index is 12.8. The molecular weight excluding hydrogens is 408 g/mol. The molecule has 9 nitrogen and oxygen atoms in total. The van der Waals surface area contributed by atoms with Crippen molar-refractivity contribution in [3.8, 4) is 5.75 Å². The number of H-pyrrole nitrogens is 1. The Morgan fingerprint density at radius 1 is 1.13 bits per heavy atom. The molecule has 4 rings (SSSR count). The van der Waals surface area contributed by atoms with Crippen molar-refractivity contribution in [3.05, 3.63) is 75.2 Å². The Morgan fingerprint density at radius 2 is 1.90 bits per heavy atom. The number of anilines is 1. The van der Waals surface area contributed by atoms with Gasteiger partial charge in [0.15, 0.2) is 0 Å². The molecule has 0 atom stereocenters. The maximum atomic E-state index is 12.8. The lowest BCUT2D eigenvalue weighted by molar-refractivity contribution is 0.0739. The average Bonchev–Trinajstić information content (AvgIpc) is 3.13. The van der Waals surface area contributed by atoms with E-state index in [4.69, 9.17) is 11.6 Å². The number of rotatable bonds is 4. The van der Waals surface area contributed by atoms with E-state index >= 15 is 0 Å². The van der Waals surface area contributed by atoms with Crippen LogP contribution in [0.25, 0.3) is 0 Å². The number of piperazine rings is 1. The Labute approximate surface area is 176 Å². The van der Waals surface area contributed by atoms with Crippen LogP contribution in [0.15, 0.2) is 58.4 Å². The lowest BCUT2D eigenvalue weighted by Crippen LogP contribution is -2.49. The van der Waals surface area contributed by atoms with E-state index in [2.05, 4.69) is 20.3 Å². The summed E-state index contributed by atoms with van der Waals surface area (Å²) < 4.78 is 0. The highest BCUT2D eigenvalue weighted by atomic mass is 35.5. The topological polar surface area (TPSA) is 107 Å². The molecule has 0 saturated carbocycles. The number of aromatic hydroxyl groups is 1. The molecule has 154 valence electrons. The fraction of sp³-hybridized carbons (Fsp3) is 0.200. The van der Waals surface area contributed by atoms with Gasteiger partial charge in [0.1, 0.15) is 5.75 Å². The molecule has 0 unspecified atom stereocenters. The summed E-state index contributed by atoms with van der Waals surface area (Å²) in [4.78, 5) is 29.9. The second-order valence-corrected chi connectivity index (χ2v) is 7.18. The molecule has 2 heterocycles. The summed E-state index contributed by atoms with van der Waals surface area (Å²) in [7, 11) is 0. The predicted molar refractivity (Wildman–Crippen MR) is 114 cm³/mol. The quantitative estimate of drug-likeness (QED) is 0.618. The second-order valence-electron chi connectivity index (χ2n) is 6.74. The largest absolute Gasteiger partial charge is 0.507 e. The summed E-state index contributed by atoms with van der Waals surface area (Å²) in [5.41, 5.74) is 0.559. The number of nitrogens with one attached hydrogen (secondary N) is 1. The van der Waals surface area contributed by atoms with Crippen LogP contribution in [0.4, 0.5) is 5.69 Å². The molecule has 0 radical (unpaired) electrons. The summed E-state index contributed by atoms with van der Waals surface area (Å²) in [5, 5.41) is 20.6. The van der Waals surface area contributed by atoms with Gasteiger partial charge in [-0.25, -0.2) is 0 Å². The minimum Gasteiger partial charge on any atom is -0.507 e. The molecule has 0 bridgehead atoms. The van der Waals surface area contributed by atoms with E-state index in [9.17, 15) is 14.7 Å². The van der Waals surface area contributed by atoms with E-state index in [-0.39, 0.29) is 11.4 Å². The average molecular weight is 427 g/mol. The van der Waals surface area contributed by atoms with Crippen LogP contribution >= 0.6 is 11.6 Å². The molecule has 1 fully saturated rings. The summed E-state index contributed by atoms with van der Waals surface area (Å²) >= 11 is 6.05. The van der Waals surface area contributed by atoms with Crippen molar-refractivity contribution < 1.29 is 9.90 Å². The third-order valence-corrected chi connectivity index (χ3v) is 5.08. The van der Waals surface area contributed by atoms with Gasteiger partial charge in [0.05, 0.1) is 6.21 Å². The van der Waals surface area contributed by atoms with Crippen molar-refractivity contribution >= 4 is 29.4 Å². The molecule has 2 N–H and O–H groups in total. The van der Waals surface area contributed by atoms with Gasteiger partial charge in [0.2, 0.25) is 5.69 Å².